The molecule has 0 aromatic carbocycles. The van der Waals surface area contributed by atoms with Gasteiger partial charge in [0.15, 0.2) is 0 Å². The summed E-state index contributed by atoms with van der Waals surface area (Å²) in [5.41, 5.74) is 5.33. The SMILES string of the molecule is CC/C=C\C/C=C\C/C=C\C/C=C\CCCCC(=O)NC(COP(=O)(O)OCCN)C(O)CCCCCCCCCCC. The van der Waals surface area contributed by atoms with Crippen LogP contribution in [-0.2, 0) is 18.4 Å². The average Bonchev–Trinajstić information content (AvgIpc) is 2.99. The number of allylic oxidation sites excluding steroid dienone is 8. The summed E-state index contributed by atoms with van der Waals surface area (Å²) in [7, 11) is -4.31. The van der Waals surface area contributed by atoms with Crippen LogP contribution in [0.15, 0.2) is 48.6 Å². The Morgan fingerprint density at radius 2 is 1.35 bits per heavy atom. The van der Waals surface area contributed by atoms with Gasteiger partial charge in [-0.2, -0.15) is 0 Å². The molecule has 0 aromatic heterocycles. The van der Waals surface area contributed by atoms with Gasteiger partial charge >= 0.3 is 7.82 Å². The average molecular weight is 627 g/mol. The first-order valence-corrected chi connectivity index (χ1v) is 18.2. The Morgan fingerprint density at radius 3 is 1.93 bits per heavy atom. The summed E-state index contributed by atoms with van der Waals surface area (Å²) in [5.74, 6) is -0.208. The van der Waals surface area contributed by atoms with E-state index in [0.717, 1.165) is 57.8 Å². The second kappa shape index (κ2) is 30.5. The largest absolute Gasteiger partial charge is 0.472 e. The summed E-state index contributed by atoms with van der Waals surface area (Å²) in [5, 5.41) is 13.6. The number of amides is 1. The molecule has 0 bridgehead atoms. The molecule has 0 fully saturated rings. The monoisotopic (exact) mass is 626 g/mol. The number of phosphoric ester groups is 1. The smallest absolute Gasteiger partial charge is 0.391 e. The molecule has 0 spiro atoms. The lowest BCUT2D eigenvalue weighted by molar-refractivity contribution is -0.123. The first-order valence-electron chi connectivity index (χ1n) is 16.8. The Balaban J connectivity index is 4.41. The number of rotatable bonds is 30. The van der Waals surface area contributed by atoms with Crippen molar-refractivity contribution < 1.29 is 28.4 Å². The highest BCUT2D eigenvalue weighted by molar-refractivity contribution is 7.47. The molecule has 8 nitrogen and oxygen atoms in total. The van der Waals surface area contributed by atoms with Crippen LogP contribution in [0, 0.1) is 0 Å². The van der Waals surface area contributed by atoms with Gasteiger partial charge in [-0.15, -0.1) is 0 Å². The summed E-state index contributed by atoms with van der Waals surface area (Å²) in [6, 6.07) is -0.794. The highest BCUT2D eigenvalue weighted by Crippen LogP contribution is 2.43. The lowest BCUT2D eigenvalue weighted by atomic mass is 10.0. The second-order valence-corrected chi connectivity index (χ2v) is 12.4. The number of aliphatic hydroxyl groups excluding tert-OH is 1. The third-order valence-corrected chi connectivity index (χ3v) is 7.93. The highest BCUT2D eigenvalue weighted by atomic mass is 31.2. The fourth-order valence-corrected chi connectivity index (χ4v) is 5.18. The van der Waals surface area contributed by atoms with Gasteiger partial charge < -0.3 is 21.1 Å². The fraction of sp³-hybridized carbons (Fsp3) is 0.735. The zero-order valence-electron chi connectivity index (χ0n) is 27.2. The van der Waals surface area contributed by atoms with Crippen LogP contribution < -0.4 is 11.1 Å². The van der Waals surface area contributed by atoms with Crippen LogP contribution in [-0.4, -0.2) is 47.8 Å². The van der Waals surface area contributed by atoms with E-state index in [1.54, 1.807) is 0 Å². The minimum absolute atomic E-state index is 0.0796. The van der Waals surface area contributed by atoms with E-state index in [9.17, 15) is 19.4 Å². The molecular weight excluding hydrogens is 563 g/mol. The van der Waals surface area contributed by atoms with Crippen molar-refractivity contribution in [1.29, 1.82) is 0 Å². The molecule has 0 heterocycles. The minimum Gasteiger partial charge on any atom is -0.391 e. The summed E-state index contributed by atoms with van der Waals surface area (Å²) in [6.07, 6.45) is 34.1. The molecular formula is C34H63N2O6P. The van der Waals surface area contributed by atoms with Crippen molar-refractivity contribution in [2.45, 2.75) is 142 Å². The molecule has 0 radical (unpaired) electrons. The molecule has 0 rings (SSSR count). The maximum Gasteiger partial charge on any atom is 0.472 e. The van der Waals surface area contributed by atoms with Gasteiger partial charge in [-0.1, -0.05) is 120 Å². The molecule has 0 aromatic rings. The third-order valence-electron chi connectivity index (χ3n) is 6.95. The summed E-state index contributed by atoms with van der Waals surface area (Å²) >= 11 is 0. The molecule has 3 unspecified atom stereocenters. The van der Waals surface area contributed by atoms with Gasteiger partial charge in [0.05, 0.1) is 25.4 Å². The van der Waals surface area contributed by atoms with Gasteiger partial charge in [-0.3, -0.25) is 13.8 Å². The Labute approximate surface area is 262 Å². The van der Waals surface area contributed by atoms with Gasteiger partial charge in [-0.25, -0.2) is 4.57 Å². The predicted molar refractivity (Wildman–Crippen MR) is 180 cm³/mol. The van der Waals surface area contributed by atoms with Crippen LogP contribution in [0.2, 0.25) is 0 Å². The van der Waals surface area contributed by atoms with Gasteiger partial charge in [0.25, 0.3) is 0 Å². The zero-order valence-corrected chi connectivity index (χ0v) is 28.1. The van der Waals surface area contributed by atoms with Crippen molar-refractivity contribution in [3.63, 3.8) is 0 Å². The number of carbonyl (C=O) groups excluding carboxylic acids is 1. The number of unbranched alkanes of at least 4 members (excludes halogenated alkanes) is 10. The van der Waals surface area contributed by atoms with E-state index < -0.39 is 20.0 Å². The van der Waals surface area contributed by atoms with Crippen LogP contribution in [0.3, 0.4) is 0 Å². The summed E-state index contributed by atoms with van der Waals surface area (Å²) in [6.45, 7) is 3.99. The van der Waals surface area contributed by atoms with E-state index in [-0.39, 0.29) is 25.7 Å². The summed E-state index contributed by atoms with van der Waals surface area (Å²) in [4.78, 5) is 22.5. The number of hydrogen-bond donors (Lipinski definition) is 4. The predicted octanol–water partition coefficient (Wildman–Crippen LogP) is 8.21. The lowest BCUT2D eigenvalue weighted by Gasteiger charge is -2.25. The van der Waals surface area contributed by atoms with E-state index in [1.807, 2.05) is 0 Å². The van der Waals surface area contributed by atoms with Crippen LogP contribution in [0.4, 0.5) is 0 Å². The second-order valence-electron chi connectivity index (χ2n) is 11.0. The van der Waals surface area contributed by atoms with Gasteiger partial charge in [-0.05, 0) is 51.4 Å². The Bertz CT molecular complexity index is 815. The van der Waals surface area contributed by atoms with E-state index in [2.05, 4.69) is 67.8 Å². The Kier molecular flexibility index (Phi) is 29.4. The van der Waals surface area contributed by atoms with E-state index >= 15 is 0 Å². The molecule has 0 aliphatic carbocycles. The topological polar surface area (TPSA) is 131 Å². The molecule has 43 heavy (non-hydrogen) atoms. The molecule has 3 atom stereocenters. The Morgan fingerprint density at radius 1 is 0.791 bits per heavy atom. The van der Waals surface area contributed by atoms with E-state index in [4.69, 9.17) is 14.8 Å². The summed E-state index contributed by atoms with van der Waals surface area (Å²) < 4.78 is 22.0. The van der Waals surface area contributed by atoms with Crippen LogP contribution in [0.1, 0.15) is 129 Å². The normalized spacial score (nSPS) is 15.2. The molecule has 9 heteroatoms. The van der Waals surface area contributed by atoms with Crippen molar-refractivity contribution in [3.8, 4) is 0 Å². The molecule has 5 N–H and O–H groups in total. The number of nitrogens with two attached hydrogens (primary N) is 1. The van der Waals surface area contributed by atoms with Crippen molar-refractivity contribution in [3.05, 3.63) is 48.6 Å². The van der Waals surface area contributed by atoms with Gasteiger partial charge in [0.2, 0.25) is 5.91 Å². The maximum absolute atomic E-state index is 12.6. The number of hydrogen-bond acceptors (Lipinski definition) is 6. The number of aliphatic hydroxyl groups is 1. The number of phosphoric acid groups is 1. The standard InChI is InChI=1S/C34H63N2O6P/c1-3-5-7-9-11-13-14-15-16-17-18-20-22-24-26-28-34(38)36-32(31-42-43(39,40)41-30-29-35)33(37)27-25-23-21-19-12-10-8-6-4-2/h5,7,11,13,15-16,18,20,32-33,37H,3-4,6,8-10,12,14,17,19,21-31,35H2,1-2H3,(H,36,38)(H,39,40)/b7-5-,13-11-,16-15-,20-18-. The highest BCUT2D eigenvalue weighted by Gasteiger charge is 2.27. The third kappa shape index (κ3) is 29.0. The van der Waals surface area contributed by atoms with Crippen molar-refractivity contribution in [2.75, 3.05) is 19.8 Å². The van der Waals surface area contributed by atoms with Crippen LogP contribution in [0.5, 0.6) is 0 Å². The number of carbonyl (C=O) groups is 1. The van der Waals surface area contributed by atoms with E-state index in [1.165, 1.54) is 38.5 Å². The van der Waals surface area contributed by atoms with Gasteiger partial charge in [0, 0.05) is 13.0 Å². The minimum atomic E-state index is -4.31. The molecule has 1 amide bonds. The molecule has 0 aliphatic rings. The maximum atomic E-state index is 12.6. The van der Waals surface area contributed by atoms with Crippen molar-refractivity contribution >= 4 is 13.7 Å². The molecule has 250 valence electrons. The fourth-order valence-electron chi connectivity index (χ4n) is 4.42. The zero-order chi connectivity index (χ0) is 31.9. The molecule has 0 saturated carbocycles. The first-order chi connectivity index (χ1) is 20.9. The van der Waals surface area contributed by atoms with Crippen LogP contribution >= 0.6 is 7.82 Å². The number of nitrogens with one attached hydrogen (secondary N) is 1. The van der Waals surface area contributed by atoms with Crippen LogP contribution in [0.25, 0.3) is 0 Å². The Hall–Kier alpha value is -1.54. The quantitative estimate of drug-likeness (QED) is 0.0359. The first kappa shape index (κ1) is 41.5. The molecule has 0 saturated heterocycles. The van der Waals surface area contributed by atoms with Crippen molar-refractivity contribution in [1.82, 2.24) is 5.32 Å². The lowest BCUT2D eigenvalue weighted by Crippen LogP contribution is -2.46. The molecule has 0 aliphatic heterocycles. The van der Waals surface area contributed by atoms with Gasteiger partial charge in [0.1, 0.15) is 0 Å². The van der Waals surface area contributed by atoms with E-state index in [0.29, 0.717) is 19.3 Å². The van der Waals surface area contributed by atoms with Crippen molar-refractivity contribution in [2.24, 2.45) is 5.73 Å².